The number of carbonyl (C=O) groups excluding carboxylic acids is 1. The third-order valence-corrected chi connectivity index (χ3v) is 2.74. The van der Waals surface area contributed by atoms with E-state index in [2.05, 4.69) is 15.6 Å². The highest BCUT2D eigenvalue weighted by molar-refractivity contribution is 5.90. The van der Waals surface area contributed by atoms with Gasteiger partial charge in [-0.15, -0.1) is 0 Å². The molecule has 1 aliphatic heterocycles. The summed E-state index contributed by atoms with van der Waals surface area (Å²) in [6.45, 7) is 0.774. The number of pyridine rings is 1. The minimum absolute atomic E-state index is 0.0177. The lowest BCUT2D eigenvalue weighted by Crippen LogP contribution is -2.19. The van der Waals surface area contributed by atoms with Gasteiger partial charge in [-0.1, -0.05) is 0 Å². The molecule has 2 N–H and O–H groups in total. The fourth-order valence-electron chi connectivity index (χ4n) is 1.84. The summed E-state index contributed by atoms with van der Waals surface area (Å²) in [4.78, 5) is 15.8. The maximum atomic E-state index is 11.7. The average Bonchev–Trinajstić information content (AvgIpc) is 2.82. The van der Waals surface area contributed by atoms with Crippen molar-refractivity contribution in [3.63, 3.8) is 0 Å². The maximum Gasteiger partial charge on any atom is 0.227 e. The van der Waals surface area contributed by atoms with E-state index in [0.29, 0.717) is 12.1 Å². The summed E-state index contributed by atoms with van der Waals surface area (Å²) in [5.41, 5.74) is 0.715. The number of rotatable bonds is 4. The van der Waals surface area contributed by atoms with Crippen LogP contribution in [0.5, 0.6) is 0 Å². The third kappa shape index (κ3) is 3.42. The van der Waals surface area contributed by atoms with E-state index < -0.39 is 0 Å². The Morgan fingerprint density at radius 3 is 3.06 bits per heavy atom. The van der Waals surface area contributed by atoms with Gasteiger partial charge in [-0.2, -0.15) is 0 Å². The third-order valence-electron chi connectivity index (χ3n) is 2.74. The van der Waals surface area contributed by atoms with Crippen molar-refractivity contribution in [2.45, 2.75) is 25.4 Å². The zero-order chi connectivity index (χ0) is 12.1. The Morgan fingerprint density at radius 2 is 2.47 bits per heavy atom. The molecule has 1 unspecified atom stereocenters. The van der Waals surface area contributed by atoms with Crippen LogP contribution in [0.4, 0.5) is 11.5 Å². The van der Waals surface area contributed by atoms with Gasteiger partial charge in [-0.05, 0) is 25.0 Å². The number of aromatic nitrogens is 1. The highest BCUT2D eigenvalue weighted by Crippen LogP contribution is 2.16. The molecule has 1 amide bonds. The Balaban J connectivity index is 1.84. The van der Waals surface area contributed by atoms with E-state index in [1.54, 1.807) is 13.2 Å². The van der Waals surface area contributed by atoms with Crippen molar-refractivity contribution in [1.29, 1.82) is 0 Å². The van der Waals surface area contributed by atoms with E-state index in [1.807, 2.05) is 12.1 Å². The topological polar surface area (TPSA) is 63.2 Å². The van der Waals surface area contributed by atoms with Gasteiger partial charge in [0, 0.05) is 13.7 Å². The van der Waals surface area contributed by atoms with Crippen LogP contribution >= 0.6 is 0 Å². The van der Waals surface area contributed by atoms with E-state index in [0.717, 1.165) is 25.3 Å². The molecule has 0 radical (unpaired) electrons. The summed E-state index contributed by atoms with van der Waals surface area (Å²) >= 11 is 0. The zero-order valence-corrected chi connectivity index (χ0v) is 9.90. The van der Waals surface area contributed by atoms with Crippen molar-refractivity contribution in [2.24, 2.45) is 0 Å². The zero-order valence-electron chi connectivity index (χ0n) is 9.90. The molecule has 0 bridgehead atoms. The van der Waals surface area contributed by atoms with Crippen molar-refractivity contribution in [3.8, 4) is 0 Å². The minimum atomic E-state index is -0.0177. The van der Waals surface area contributed by atoms with E-state index in [1.165, 1.54) is 0 Å². The number of ether oxygens (including phenoxy) is 1. The van der Waals surface area contributed by atoms with E-state index in [4.69, 9.17) is 4.74 Å². The first-order valence-corrected chi connectivity index (χ1v) is 5.83. The number of hydrogen-bond acceptors (Lipinski definition) is 4. The molecular formula is C12H17N3O2. The van der Waals surface area contributed by atoms with Crippen molar-refractivity contribution in [1.82, 2.24) is 4.98 Å². The summed E-state index contributed by atoms with van der Waals surface area (Å²) in [6, 6.07) is 3.65. The SMILES string of the molecule is CNc1ccc(NC(=O)CC2CCCO2)cn1. The number of hydrogen-bond donors (Lipinski definition) is 2. The smallest absolute Gasteiger partial charge is 0.227 e. The summed E-state index contributed by atoms with van der Waals surface area (Å²) in [7, 11) is 1.80. The Morgan fingerprint density at radius 1 is 1.59 bits per heavy atom. The fraction of sp³-hybridized carbons (Fsp3) is 0.500. The largest absolute Gasteiger partial charge is 0.378 e. The molecule has 1 saturated heterocycles. The van der Waals surface area contributed by atoms with Crippen molar-refractivity contribution in [2.75, 3.05) is 24.3 Å². The number of amides is 1. The normalized spacial score (nSPS) is 19.0. The Kier molecular flexibility index (Phi) is 3.93. The van der Waals surface area contributed by atoms with Crippen LogP contribution in [0.15, 0.2) is 18.3 Å². The van der Waals surface area contributed by atoms with E-state index >= 15 is 0 Å². The van der Waals surface area contributed by atoms with Gasteiger partial charge in [0.25, 0.3) is 0 Å². The lowest BCUT2D eigenvalue weighted by atomic mass is 10.2. The highest BCUT2D eigenvalue weighted by atomic mass is 16.5. The molecule has 2 heterocycles. The quantitative estimate of drug-likeness (QED) is 0.832. The highest BCUT2D eigenvalue weighted by Gasteiger charge is 2.18. The lowest BCUT2D eigenvalue weighted by Gasteiger charge is -2.09. The molecule has 0 saturated carbocycles. The van der Waals surface area contributed by atoms with Crippen molar-refractivity contribution < 1.29 is 9.53 Å². The summed E-state index contributed by atoms with van der Waals surface area (Å²) in [5, 5.41) is 5.73. The van der Waals surface area contributed by atoms with Crippen LogP contribution in [0.2, 0.25) is 0 Å². The van der Waals surface area contributed by atoms with Crippen LogP contribution in [-0.2, 0) is 9.53 Å². The van der Waals surface area contributed by atoms with Crippen LogP contribution in [-0.4, -0.2) is 30.6 Å². The number of carbonyl (C=O) groups is 1. The van der Waals surface area contributed by atoms with Gasteiger partial charge in [-0.25, -0.2) is 4.98 Å². The second-order valence-electron chi connectivity index (χ2n) is 4.07. The van der Waals surface area contributed by atoms with Crippen molar-refractivity contribution in [3.05, 3.63) is 18.3 Å². The Labute approximate surface area is 101 Å². The molecule has 5 nitrogen and oxygen atoms in total. The van der Waals surface area contributed by atoms with Gasteiger partial charge < -0.3 is 15.4 Å². The molecule has 1 fully saturated rings. The van der Waals surface area contributed by atoms with Crippen LogP contribution in [0, 0.1) is 0 Å². The lowest BCUT2D eigenvalue weighted by molar-refractivity contribution is -0.118. The van der Waals surface area contributed by atoms with Crippen LogP contribution in [0.25, 0.3) is 0 Å². The van der Waals surface area contributed by atoms with Gasteiger partial charge in [0.1, 0.15) is 5.82 Å². The first-order chi connectivity index (χ1) is 8.28. The van der Waals surface area contributed by atoms with Gasteiger partial charge in [0.15, 0.2) is 0 Å². The summed E-state index contributed by atoms with van der Waals surface area (Å²) in [6.07, 6.45) is 4.17. The minimum Gasteiger partial charge on any atom is -0.378 e. The number of nitrogens with one attached hydrogen (secondary N) is 2. The molecule has 0 aliphatic carbocycles. The predicted molar refractivity (Wildman–Crippen MR) is 66.0 cm³/mol. The Bertz CT molecular complexity index is 372. The van der Waals surface area contributed by atoms with Crippen molar-refractivity contribution >= 4 is 17.4 Å². The van der Waals surface area contributed by atoms with Gasteiger partial charge in [0.2, 0.25) is 5.91 Å². The van der Waals surface area contributed by atoms with Gasteiger partial charge in [-0.3, -0.25) is 4.79 Å². The number of anilines is 2. The molecule has 1 aromatic heterocycles. The molecule has 17 heavy (non-hydrogen) atoms. The molecular weight excluding hydrogens is 218 g/mol. The van der Waals surface area contributed by atoms with Crippen LogP contribution in [0.1, 0.15) is 19.3 Å². The van der Waals surface area contributed by atoms with E-state index in [-0.39, 0.29) is 12.0 Å². The molecule has 1 atom stereocenters. The summed E-state index contributed by atoms with van der Waals surface area (Å²) in [5.74, 6) is 0.762. The van der Waals surface area contributed by atoms with Gasteiger partial charge >= 0.3 is 0 Å². The molecule has 1 aliphatic rings. The number of nitrogens with zero attached hydrogens (tertiary/aromatic N) is 1. The molecule has 2 rings (SSSR count). The second kappa shape index (κ2) is 5.63. The first kappa shape index (κ1) is 11.9. The van der Waals surface area contributed by atoms with Gasteiger partial charge in [0.05, 0.1) is 24.4 Å². The van der Waals surface area contributed by atoms with Crippen LogP contribution < -0.4 is 10.6 Å². The first-order valence-electron chi connectivity index (χ1n) is 5.83. The molecule has 1 aromatic rings. The second-order valence-corrected chi connectivity index (χ2v) is 4.07. The predicted octanol–water partition coefficient (Wildman–Crippen LogP) is 1.63. The molecule has 0 spiro atoms. The Hall–Kier alpha value is -1.62. The monoisotopic (exact) mass is 235 g/mol. The van der Waals surface area contributed by atoms with E-state index in [9.17, 15) is 4.79 Å². The molecule has 5 heteroatoms. The standard InChI is InChI=1S/C12H17N3O2/c1-13-11-5-4-9(8-14-11)15-12(16)7-10-3-2-6-17-10/h4-5,8,10H,2-3,6-7H2,1H3,(H,13,14)(H,15,16). The summed E-state index contributed by atoms with van der Waals surface area (Å²) < 4.78 is 5.41. The average molecular weight is 235 g/mol. The van der Waals surface area contributed by atoms with Crippen LogP contribution in [0.3, 0.4) is 0 Å². The molecule has 92 valence electrons. The molecule has 0 aromatic carbocycles. The maximum absolute atomic E-state index is 11.7. The fourth-order valence-corrected chi connectivity index (χ4v) is 1.84.